The Bertz CT molecular complexity index is 1090. The van der Waals surface area contributed by atoms with E-state index in [-0.39, 0.29) is 18.9 Å². The van der Waals surface area contributed by atoms with Crippen LogP contribution >= 0.6 is 11.6 Å². The lowest BCUT2D eigenvalue weighted by Crippen LogP contribution is -2.40. The highest BCUT2D eigenvalue weighted by Crippen LogP contribution is 2.25. The Balaban J connectivity index is 1.71. The molecule has 1 amide bonds. The molecule has 1 aromatic heterocycles. The van der Waals surface area contributed by atoms with Crippen molar-refractivity contribution >= 4 is 23.5 Å². The van der Waals surface area contributed by atoms with Crippen LogP contribution < -0.4 is 4.74 Å². The van der Waals surface area contributed by atoms with Crippen LogP contribution in [0.4, 0.5) is 0 Å². The number of esters is 1. The molecular formula is C26H29ClN2O5. The first-order valence-corrected chi connectivity index (χ1v) is 11.6. The van der Waals surface area contributed by atoms with Gasteiger partial charge in [0, 0.05) is 11.6 Å². The second-order valence-corrected chi connectivity index (χ2v) is 8.23. The molecule has 0 aliphatic rings. The summed E-state index contributed by atoms with van der Waals surface area (Å²) in [7, 11) is 0. The zero-order valence-electron chi connectivity index (χ0n) is 19.8. The number of amides is 1. The largest absolute Gasteiger partial charge is 0.489 e. The van der Waals surface area contributed by atoms with E-state index in [1.54, 1.807) is 31.2 Å². The van der Waals surface area contributed by atoms with Crippen molar-refractivity contribution in [3.8, 4) is 5.75 Å². The summed E-state index contributed by atoms with van der Waals surface area (Å²) in [6, 6.07) is 13.4. The molecule has 7 nitrogen and oxygen atoms in total. The molecule has 0 saturated carbocycles. The van der Waals surface area contributed by atoms with E-state index in [4.69, 9.17) is 25.6 Å². The lowest BCUT2D eigenvalue weighted by Gasteiger charge is -2.29. The van der Waals surface area contributed by atoms with Crippen molar-refractivity contribution in [2.45, 2.75) is 46.8 Å². The van der Waals surface area contributed by atoms with E-state index in [0.717, 1.165) is 22.6 Å². The second-order valence-electron chi connectivity index (χ2n) is 7.80. The van der Waals surface area contributed by atoms with Gasteiger partial charge in [0.2, 0.25) is 5.91 Å². The summed E-state index contributed by atoms with van der Waals surface area (Å²) in [4.78, 5) is 27.5. The Morgan fingerprint density at radius 1 is 1.06 bits per heavy atom. The molecule has 8 heteroatoms. The summed E-state index contributed by atoms with van der Waals surface area (Å²) in [5.41, 5.74) is 3.19. The molecule has 3 aromatic rings. The van der Waals surface area contributed by atoms with E-state index in [9.17, 15) is 9.59 Å². The average molecular weight is 485 g/mol. The first-order chi connectivity index (χ1) is 16.3. The molecule has 2 aromatic carbocycles. The number of ether oxygens (including phenoxy) is 2. The average Bonchev–Trinajstić information content (AvgIpc) is 3.14. The third kappa shape index (κ3) is 6.17. The van der Waals surface area contributed by atoms with Crippen molar-refractivity contribution in [2.75, 3.05) is 13.2 Å². The maximum Gasteiger partial charge on any atom is 0.333 e. The topological polar surface area (TPSA) is 81.9 Å². The minimum absolute atomic E-state index is 0.140. The normalized spacial score (nSPS) is 11.7. The summed E-state index contributed by atoms with van der Waals surface area (Å²) >= 11 is 6.01. The number of hydrogen-bond donors (Lipinski definition) is 0. The SMILES string of the molecule is CCOC(=O)C(c1ccc(Cl)cc1)N(CC)C(=O)Cc1ccc(OCc2c(C)noc2C)cc1. The van der Waals surface area contributed by atoms with Crippen molar-refractivity contribution in [1.82, 2.24) is 10.1 Å². The molecule has 0 aliphatic carbocycles. The quantitative estimate of drug-likeness (QED) is 0.367. The molecular weight excluding hydrogens is 456 g/mol. The van der Waals surface area contributed by atoms with Gasteiger partial charge in [0.05, 0.1) is 24.3 Å². The van der Waals surface area contributed by atoms with Crippen molar-refractivity contribution in [3.63, 3.8) is 0 Å². The molecule has 0 aliphatic heterocycles. The van der Waals surface area contributed by atoms with Crippen LogP contribution in [0.2, 0.25) is 5.02 Å². The molecule has 34 heavy (non-hydrogen) atoms. The van der Waals surface area contributed by atoms with Gasteiger partial charge in [-0.3, -0.25) is 4.79 Å². The second kappa shape index (κ2) is 11.7. The molecule has 0 N–H and O–H groups in total. The van der Waals surface area contributed by atoms with Gasteiger partial charge in [-0.2, -0.15) is 0 Å². The van der Waals surface area contributed by atoms with Gasteiger partial charge in [0.25, 0.3) is 0 Å². The molecule has 1 atom stereocenters. The van der Waals surface area contributed by atoms with Crippen LogP contribution in [0.1, 0.15) is 48.0 Å². The highest BCUT2D eigenvalue weighted by Gasteiger charge is 2.31. The Kier molecular flexibility index (Phi) is 8.71. The zero-order chi connectivity index (χ0) is 24.7. The van der Waals surface area contributed by atoms with Crippen LogP contribution in [0.25, 0.3) is 0 Å². The maximum atomic E-state index is 13.2. The number of nitrogens with zero attached hydrogens (tertiary/aromatic N) is 2. The third-order valence-electron chi connectivity index (χ3n) is 5.51. The Morgan fingerprint density at radius 2 is 1.74 bits per heavy atom. The van der Waals surface area contributed by atoms with E-state index in [0.29, 0.717) is 29.5 Å². The predicted octanol–water partition coefficient (Wildman–Crippen LogP) is 5.22. The van der Waals surface area contributed by atoms with Crippen LogP contribution in [-0.2, 0) is 27.4 Å². The lowest BCUT2D eigenvalue weighted by molar-refractivity contribution is -0.155. The van der Waals surface area contributed by atoms with Crippen LogP contribution in [0.3, 0.4) is 0 Å². The van der Waals surface area contributed by atoms with Crippen LogP contribution in [0.5, 0.6) is 5.75 Å². The number of benzene rings is 2. The number of carbonyl (C=O) groups excluding carboxylic acids is 2. The summed E-state index contributed by atoms with van der Waals surface area (Å²) < 4.78 is 16.3. The Hall–Kier alpha value is -3.32. The number of halogens is 1. The van der Waals surface area contributed by atoms with Gasteiger partial charge in [-0.05, 0) is 63.1 Å². The third-order valence-corrected chi connectivity index (χ3v) is 5.76. The van der Waals surface area contributed by atoms with E-state index in [1.807, 2.05) is 45.0 Å². The van der Waals surface area contributed by atoms with Crippen LogP contribution in [0, 0.1) is 13.8 Å². The first-order valence-electron chi connectivity index (χ1n) is 11.2. The maximum absolute atomic E-state index is 13.2. The molecule has 0 saturated heterocycles. The number of aryl methyl sites for hydroxylation is 2. The van der Waals surface area contributed by atoms with Gasteiger partial charge in [0.15, 0.2) is 6.04 Å². The van der Waals surface area contributed by atoms with Crippen molar-refractivity contribution in [2.24, 2.45) is 0 Å². The summed E-state index contributed by atoms with van der Waals surface area (Å²) in [5, 5.41) is 4.48. The molecule has 1 heterocycles. The lowest BCUT2D eigenvalue weighted by atomic mass is 10.0. The molecule has 180 valence electrons. The number of hydrogen-bond acceptors (Lipinski definition) is 6. The standard InChI is InChI=1S/C26H29ClN2O5/c1-5-29(25(26(31)32-6-2)20-9-11-21(27)12-10-20)24(30)15-19-7-13-22(14-8-19)33-16-23-17(3)28-34-18(23)4/h7-14,25H,5-6,15-16H2,1-4H3. The number of aromatic nitrogens is 1. The molecule has 0 spiro atoms. The smallest absolute Gasteiger partial charge is 0.333 e. The van der Waals surface area contributed by atoms with Gasteiger partial charge in [0.1, 0.15) is 18.1 Å². The fourth-order valence-corrected chi connectivity index (χ4v) is 3.78. The Morgan fingerprint density at radius 3 is 2.29 bits per heavy atom. The zero-order valence-corrected chi connectivity index (χ0v) is 20.6. The fourth-order valence-electron chi connectivity index (χ4n) is 3.66. The highest BCUT2D eigenvalue weighted by atomic mass is 35.5. The minimum Gasteiger partial charge on any atom is -0.489 e. The Labute approximate surface area is 204 Å². The minimum atomic E-state index is -0.840. The molecule has 0 radical (unpaired) electrons. The monoisotopic (exact) mass is 484 g/mol. The first kappa shape index (κ1) is 25.3. The van der Waals surface area contributed by atoms with Gasteiger partial charge in [-0.15, -0.1) is 0 Å². The van der Waals surface area contributed by atoms with Gasteiger partial charge in [-0.1, -0.05) is 41.0 Å². The molecule has 1 unspecified atom stereocenters. The summed E-state index contributed by atoms with van der Waals surface area (Å²) in [5.74, 6) is 0.758. The van der Waals surface area contributed by atoms with Crippen LogP contribution in [-0.4, -0.2) is 35.1 Å². The van der Waals surface area contributed by atoms with E-state index in [2.05, 4.69) is 5.16 Å². The molecule has 3 rings (SSSR count). The van der Waals surface area contributed by atoms with Gasteiger partial charge < -0.3 is 18.9 Å². The van der Waals surface area contributed by atoms with Gasteiger partial charge >= 0.3 is 5.97 Å². The van der Waals surface area contributed by atoms with E-state index in [1.165, 1.54) is 4.90 Å². The van der Waals surface area contributed by atoms with E-state index >= 15 is 0 Å². The van der Waals surface area contributed by atoms with Crippen LogP contribution in [0.15, 0.2) is 53.1 Å². The number of rotatable bonds is 10. The van der Waals surface area contributed by atoms with Crippen molar-refractivity contribution in [3.05, 3.63) is 81.7 Å². The van der Waals surface area contributed by atoms with Crippen molar-refractivity contribution in [1.29, 1.82) is 0 Å². The molecule has 0 bridgehead atoms. The predicted molar refractivity (Wildman–Crippen MR) is 129 cm³/mol. The van der Waals surface area contributed by atoms with Crippen molar-refractivity contribution < 1.29 is 23.6 Å². The molecule has 0 fully saturated rings. The highest BCUT2D eigenvalue weighted by molar-refractivity contribution is 6.30. The fraction of sp³-hybridized carbons (Fsp3) is 0.346. The number of likely N-dealkylation sites (N-methyl/N-ethyl adjacent to an activating group) is 1. The summed E-state index contributed by atoms with van der Waals surface area (Å²) in [6.45, 7) is 8.23. The van der Waals surface area contributed by atoms with E-state index < -0.39 is 12.0 Å². The summed E-state index contributed by atoms with van der Waals surface area (Å²) in [6.07, 6.45) is 0.140. The number of carbonyl (C=O) groups is 2. The van der Waals surface area contributed by atoms with Gasteiger partial charge in [-0.25, -0.2) is 4.79 Å².